The van der Waals surface area contributed by atoms with Crippen molar-refractivity contribution in [3.63, 3.8) is 0 Å². The van der Waals surface area contributed by atoms with Crippen LogP contribution in [0, 0.1) is 0 Å². The van der Waals surface area contributed by atoms with Crippen molar-refractivity contribution in [1.82, 2.24) is 19.7 Å². The molecule has 0 amide bonds. The highest BCUT2D eigenvalue weighted by molar-refractivity contribution is 7.98. The standard InChI is InChI=1S/C22H22N4O2S/c1-22(2,3)15-11-9-14(10-12-15)19-24-25-21(28-19)29-13-18-23-17-8-6-5-7-16(17)20(27)26(18)4/h5-12H,13H2,1-4H3. The van der Waals surface area contributed by atoms with E-state index in [2.05, 4.69) is 48.1 Å². The van der Waals surface area contributed by atoms with Crippen LogP contribution in [0.4, 0.5) is 0 Å². The molecular weight excluding hydrogens is 384 g/mol. The Balaban J connectivity index is 1.52. The van der Waals surface area contributed by atoms with Crippen LogP contribution in [0.3, 0.4) is 0 Å². The van der Waals surface area contributed by atoms with Crippen LogP contribution in [0.25, 0.3) is 22.4 Å². The van der Waals surface area contributed by atoms with Crippen LogP contribution in [0.15, 0.2) is 63.0 Å². The summed E-state index contributed by atoms with van der Waals surface area (Å²) in [6.07, 6.45) is 0. The molecule has 0 aliphatic carbocycles. The molecule has 4 aromatic rings. The van der Waals surface area contributed by atoms with Crippen LogP contribution in [-0.2, 0) is 18.2 Å². The second kappa shape index (κ2) is 7.48. The Morgan fingerprint density at radius 2 is 1.76 bits per heavy atom. The molecule has 2 aromatic carbocycles. The van der Waals surface area contributed by atoms with Crippen LogP contribution < -0.4 is 5.56 Å². The smallest absolute Gasteiger partial charge is 0.277 e. The normalized spacial score (nSPS) is 11.9. The van der Waals surface area contributed by atoms with Gasteiger partial charge in [-0.15, -0.1) is 10.2 Å². The summed E-state index contributed by atoms with van der Waals surface area (Å²) < 4.78 is 7.37. The molecule has 0 aliphatic rings. The molecule has 6 nitrogen and oxygen atoms in total. The van der Waals surface area contributed by atoms with Gasteiger partial charge in [-0.05, 0) is 35.2 Å². The van der Waals surface area contributed by atoms with Crippen molar-refractivity contribution in [3.05, 3.63) is 70.3 Å². The minimum atomic E-state index is -0.0589. The molecule has 0 fully saturated rings. The van der Waals surface area contributed by atoms with Gasteiger partial charge in [0.05, 0.1) is 16.7 Å². The summed E-state index contributed by atoms with van der Waals surface area (Å²) in [5.41, 5.74) is 2.86. The summed E-state index contributed by atoms with van der Waals surface area (Å²) in [5.74, 6) is 1.60. The first kappa shape index (κ1) is 19.4. The van der Waals surface area contributed by atoms with E-state index in [1.165, 1.54) is 17.3 Å². The summed E-state index contributed by atoms with van der Waals surface area (Å²) in [6.45, 7) is 6.53. The lowest BCUT2D eigenvalue weighted by Crippen LogP contribution is -2.21. The van der Waals surface area contributed by atoms with Crippen LogP contribution >= 0.6 is 11.8 Å². The predicted octanol–water partition coefficient (Wildman–Crippen LogP) is 4.57. The zero-order chi connectivity index (χ0) is 20.6. The van der Waals surface area contributed by atoms with E-state index in [1.54, 1.807) is 17.7 Å². The quantitative estimate of drug-likeness (QED) is 0.462. The van der Waals surface area contributed by atoms with Gasteiger partial charge in [0.2, 0.25) is 5.89 Å². The largest absolute Gasteiger partial charge is 0.411 e. The average Bonchev–Trinajstić information content (AvgIpc) is 3.18. The fourth-order valence-electron chi connectivity index (χ4n) is 3.02. The van der Waals surface area contributed by atoms with E-state index in [-0.39, 0.29) is 11.0 Å². The Kier molecular flexibility index (Phi) is 5.00. The predicted molar refractivity (Wildman–Crippen MR) is 115 cm³/mol. The van der Waals surface area contributed by atoms with E-state index in [4.69, 9.17) is 4.42 Å². The number of fused-ring (bicyclic) bond motifs is 1. The van der Waals surface area contributed by atoms with Gasteiger partial charge < -0.3 is 4.42 Å². The van der Waals surface area contributed by atoms with E-state index >= 15 is 0 Å². The highest BCUT2D eigenvalue weighted by atomic mass is 32.2. The summed E-state index contributed by atoms with van der Waals surface area (Å²) in [7, 11) is 1.73. The summed E-state index contributed by atoms with van der Waals surface area (Å²) in [6, 6.07) is 15.5. The molecule has 4 rings (SSSR count). The van der Waals surface area contributed by atoms with Crippen molar-refractivity contribution >= 4 is 22.7 Å². The second-order valence-corrected chi connectivity index (χ2v) is 8.83. The van der Waals surface area contributed by atoms with Gasteiger partial charge in [0.1, 0.15) is 5.82 Å². The molecule has 0 saturated carbocycles. The Bertz CT molecular complexity index is 1220. The molecule has 148 valence electrons. The summed E-state index contributed by atoms with van der Waals surface area (Å²) in [4.78, 5) is 17.1. The van der Waals surface area contributed by atoms with E-state index < -0.39 is 0 Å². The van der Waals surface area contributed by atoms with Gasteiger partial charge in [-0.2, -0.15) is 0 Å². The van der Waals surface area contributed by atoms with E-state index in [9.17, 15) is 4.79 Å². The first-order chi connectivity index (χ1) is 13.8. The maximum Gasteiger partial charge on any atom is 0.277 e. The van der Waals surface area contributed by atoms with Crippen molar-refractivity contribution in [2.45, 2.75) is 37.2 Å². The third-order valence-electron chi connectivity index (χ3n) is 4.80. The van der Waals surface area contributed by atoms with Crippen molar-refractivity contribution in [2.75, 3.05) is 0 Å². The summed E-state index contributed by atoms with van der Waals surface area (Å²) >= 11 is 1.37. The van der Waals surface area contributed by atoms with Gasteiger partial charge in [0.15, 0.2) is 0 Å². The van der Waals surface area contributed by atoms with Crippen LogP contribution in [0.1, 0.15) is 32.2 Å². The number of rotatable bonds is 4. The van der Waals surface area contributed by atoms with Crippen LogP contribution in [-0.4, -0.2) is 19.7 Å². The van der Waals surface area contributed by atoms with Crippen molar-refractivity contribution in [2.24, 2.45) is 7.05 Å². The fraction of sp³-hybridized carbons (Fsp3) is 0.273. The molecule has 7 heteroatoms. The number of thioether (sulfide) groups is 1. The molecule has 0 saturated heterocycles. The SMILES string of the molecule is Cn1c(CSc2nnc(-c3ccc(C(C)(C)C)cc3)o2)nc2ccccc2c1=O. The minimum absolute atomic E-state index is 0.0589. The van der Waals surface area contributed by atoms with E-state index in [0.29, 0.717) is 33.6 Å². The lowest BCUT2D eigenvalue weighted by atomic mass is 9.87. The van der Waals surface area contributed by atoms with E-state index in [1.807, 2.05) is 30.3 Å². The number of hydrogen-bond donors (Lipinski definition) is 0. The zero-order valence-electron chi connectivity index (χ0n) is 16.8. The highest BCUT2D eigenvalue weighted by Gasteiger charge is 2.15. The average molecular weight is 407 g/mol. The first-order valence-electron chi connectivity index (χ1n) is 9.35. The third-order valence-corrected chi connectivity index (χ3v) is 5.62. The van der Waals surface area contributed by atoms with Crippen molar-refractivity contribution in [1.29, 1.82) is 0 Å². The molecular formula is C22H22N4O2S. The molecule has 0 bridgehead atoms. The van der Waals surface area contributed by atoms with Crippen molar-refractivity contribution < 1.29 is 4.42 Å². The van der Waals surface area contributed by atoms with Gasteiger partial charge >= 0.3 is 0 Å². The van der Waals surface area contributed by atoms with Gasteiger partial charge in [-0.3, -0.25) is 9.36 Å². The Hall–Kier alpha value is -2.93. The van der Waals surface area contributed by atoms with Crippen molar-refractivity contribution in [3.8, 4) is 11.5 Å². The van der Waals surface area contributed by atoms with Gasteiger partial charge in [-0.1, -0.05) is 56.8 Å². The molecule has 0 aliphatic heterocycles. The first-order valence-corrected chi connectivity index (χ1v) is 10.3. The third kappa shape index (κ3) is 3.96. The minimum Gasteiger partial charge on any atom is -0.411 e. The Morgan fingerprint density at radius 3 is 2.48 bits per heavy atom. The Labute approximate surface area is 173 Å². The number of para-hydroxylation sites is 1. The summed E-state index contributed by atoms with van der Waals surface area (Å²) in [5, 5.41) is 9.34. The molecule has 2 heterocycles. The number of benzene rings is 2. The lowest BCUT2D eigenvalue weighted by molar-refractivity contribution is 0.465. The number of hydrogen-bond acceptors (Lipinski definition) is 6. The maximum absolute atomic E-state index is 12.5. The van der Waals surface area contributed by atoms with Crippen LogP contribution in [0.2, 0.25) is 0 Å². The maximum atomic E-state index is 12.5. The Morgan fingerprint density at radius 1 is 1.03 bits per heavy atom. The van der Waals surface area contributed by atoms with Gasteiger partial charge in [-0.25, -0.2) is 4.98 Å². The highest BCUT2D eigenvalue weighted by Crippen LogP contribution is 2.28. The fourth-order valence-corrected chi connectivity index (χ4v) is 3.76. The molecule has 0 N–H and O–H groups in total. The van der Waals surface area contributed by atoms with E-state index in [0.717, 1.165) is 5.56 Å². The lowest BCUT2D eigenvalue weighted by Gasteiger charge is -2.18. The molecule has 0 spiro atoms. The molecule has 0 atom stereocenters. The molecule has 0 unspecified atom stereocenters. The zero-order valence-corrected chi connectivity index (χ0v) is 17.7. The second-order valence-electron chi connectivity index (χ2n) is 7.90. The molecule has 2 aromatic heterocycles. The number of aromatic nitrogens is 4. The number of nitrogens with zero attached hydrogens (tertiary/aromatic N) is 4. The van der Waals surface area contributed by atoms with Gasteiger partial charge in [0, 0.05) is 12.6 Å². The molecule has 0 radical (unpaired) electrons. The monoisotopic (exact) mass is 406 g/mol. The van der Waals surface area contributed by atoms with Gasteiger partial charge in [0.25, 0.3) is 10.8 Å². The topological polar surface area (TPSA) is 73.8 Å². The molecule has 29 heavy (non-hydrogen) atoms. The van der Waals surface area contributed by atoms with Crippen LogP contribution in [0.5, 0.6) is 0 Å².